The minimum absolute atomic E-state index is 0.484. The van der Waals surface area contributed by atoms with Crippen LogP contribution in [0.5, 0.6) is 0 Å². The highest BCUT2D eigenvalue weighted by Gasteiger charge is 2.23. The van der Waals surface area contributed by atoms with Crippen LogP contribution in [0.2, 0.25) is 0 Å². The number of nitrogens with two attached hydrogens (primary N) is 2. The molecule has 1 heterocycles. The van der Waals surface area contributed by atoms with Crippen LogP contribution in [-0.2, 0) is 0 Å². The van der Waals surface area contributed by atoms with E-state index in [4.69, 9.17) is 20.2 Å². The summed E-state index contributed by atoms with van der Waals surface area (Å²) in [4.78, 5) is 4.57. The number of rotatable bonds is 8. The molecule has 0 fully saturated rings. The highest BCUT2D eigenvalue weighted by atomic mass is 32.1. The highest BCUT2D eigenvalue weighted by molar-refractivity contribution is 7.00. The summed E-state index contributed by atoms with van der Waals surface area (Å²) in [6.45, 7) is 0. The number of nitrogens with zero attached hydrogens (tertiary/aromatic N) is 4. The quantitative estimate of drug-likeness (QED) is 0.150. The van der Waals surface area contributed by atoms with Crippen molar-refractivity contribution >= 4 is 89.8 Å². The van der Waals surface area contributed by atoms with Crippen molar-refractivity contribution in [2.24, 2.45) is 0 Å². The van der Waals surface area contributed by atoms with Crippen LogP contribution in [0.3, 0.4) is 0 Å². The van der Waals surface area contributed by atoms with Crippen molar-refractivity contribution in [3.8, 4) is 22.3 Å². The molecule has 10 aromatic rings. The zero-order valence-corrected chi connectivity index (χ0v) is 31.6. The van der Waals surface area contributed by atoms with E-state index in [-0.39, 0.29) is 0 Å². The summed E-state index contributed by atoms with van der Waals surface area (Å²) in [5.74, 6) is 0. The molecule has 9 aromatic carbocycles. The van der Waals surface area contributed by atoms with Crippen LogP contribution in [0.25, 0.3) is 54.8 Å². The third kappa shape index (κ3) is 5.98. The van der Waals surface area contributed by atoms with Crippen LogP contribution in [0.15, 0.2) is 194 Å². The average Bonchev–Trinajstić information content (AvgIpc) is 3.75. The Morgan fingerprint density at radius 3 is 1.12 bits per heavy atom. The molecule has 0 saturated heterocycles. The van der Waals surface area contributed by atoms with Crippen LogP contribution >= 0.6 is 11.7 Å². The summed E-state index contributed by atoms with van der Waals surface area (Å²) in [7, 11) is 0. The molecule has 6 nitrogen and oxygen atoms in total. The fraction of sp³-hybridized carbons (Fsp3) is 0. The number of aromatic nitrogens is 2. The number of benzene rings is 9. The van der Waals surface area contributed by atoms with Gasteiger partial charge in [0.1, 0.15) is 11.0 Å². The molecule has 7 heteroatoms. The summed E-state index contributed by atoms with van der Waals surface area (Å²) in [6.07, 6.45) is 0. The van der Waals surface area contributed by atoms with Gasteiger partial charge in [-0.1, -0.05) is 133 Å². The molecule has 0 aliphatic rings. The molecular weight excluding hydrogens is 717 g/mol. The van der Waals surface area contributed by atoms with Gasteiger partial charge in [0.2, 0.25) is 0 Å². The van der Waals surface area contributed by atoms with Crippen molar-refractivity contribution in [3.05, 3.63) is 194 Å². The van der Waals surface area contributed by atoms with Crippen molar-refractivity contribution in [2.45, 2.75) is 0 Å². The monoisotopic (exact) mass is 752 g/mol. The fourth-order valence-corrected chi connectivity index (χ4v) is 8.55. The summed E-state index contributed by atoms with van der Waals surface area (Å²) in [5.41, 5.74) is 26.2. The second-order valence-corrected chi connectivity index (χ2v) is 14.5. The number of nitrogen functional groups attached to an aromatic ring is 2. The maximum Gasteiger partial charge on any atom is 0.115 e. The molecule has 0 amide bonds. The van der Waals surface area contributed by atoms with E-state index in [1.165, 1.54) is 33.3 Å². The Labute approximate surface area is 334 Å². The summed E-state index contributed by atoms with van der Waals surface area (Å²) in [5, 5.41) is 4.71. The van der Waals surface area contributed by atoms with Gasteiger partial charge in [0.25, 0.3) is 0 Å². The molecule has 0 saturated carbocycles. The van der Waals surface area contributed by atoms with Crippen molar-refractivity contribution in [1.29, 1.82) is 0 Å². The summed E-state index contributed by atoms with van der Waals surface area (Å²) >= 11 is 1.17. The zero-order chi connectivity index (χ0) is 38.3. The Kier molecular flexibility index (Phi) is 8.54. The molecule has 0 atom stereocenters. The van der Waals surface area contributed by atoms with Crippen LogP contribution in [-0.4, -0.2) is 8.75 Å². The van der Waals surface area contributed by atoms with Gasteiger partial charge in [0.15, 0.2) is 0 Å². The van der Waals surface area contributed by atoms with E-state index in [2.05, 4.69) is 192 Å². The average molecular weight is 753 g/mol. The first kappa shape index (κ1) is 34.0. The van der Waals surface area contributed by atoms with Crippen molar-refractivity contribution < 1.29 is 0 Å². The van der Waals surface area contributed by atoms with Gasteiger partial charge >= 0.3 is 0 Å². The summed E-state index contributed by atoms with van der Waals surface area (Å²) < 4.78 is 9.60. The molecule has 1 aromatic heterocycles. The minimum Gasteiger partial charge on any atom is -0.396 e. The zero-order valence-electron chi connectivity index (χ0n) is 30.8. The lowest BCUT2D eigenvalue weighted by atomic mass is 9.93. The van der Waals surface area contributed by atoms with E-state index in [0.717, 1.165) is 67.4 Å². The second-order valence-electron chi connectivity index (χ2n) is 14.0. The van der Waals surface area contributed by atoms with Gasteiger partial charge in [0, 0.05) is 44.6 Å². The first-order chi connectivity index (χ1) is 28.1. The van der Waals surface area contributed by atoms with Crippen molar-refractivity contribution in [1.82, 2.24) is 8.75 Å². The van der Waals surface area contributed by atoms with Crippen LogP contribution in [0, 0.1) is 0 Å². The molecule has 0 radical (unpaired) electrons. The first-order valence-corrected chi connectivity index (χ1v) is 19.6. The van der Waals surface area contributed by atoms with E-state index < -0.39 is 0 Å². The normalized spacial score (nSPS) is 11.3. The molecule has 272 valence electrons. The Morgan fingerprint density at radius 2 is 0.702 bits per heavy atom. The largest absolute Gasteiger partial charge is 0.396 e. The maximum atomic E-state index is 7.00. The molecule has 10 rings (SSSR count). The standard InChI is InChI=1S/C50H36N6S/c51-47-45(35-25-29-39(30-26-35)55(37-17-3-1-4-18-37)43-23-11-15-33-13-7-9-21-41(33)43)49-50(54-57-53-49)46(48(47)52)36-27-31-40(32-28-36)56(38-19-5-2-6-20-38)44-24-12-16-34-14-8-10-22-42(34)44/h1-32H,51-52H2. The lowest BCUT2D eigenvalue weighted by molar-refractivity contribution is 1.30. The van der Waals surface area contributed by atoms with E-state index in [1.54, 1.807) is 0 Å². The number of hydrogen-bond acceptors (Lipinski definition) is 7. The molecule has 0 aliphatic heterocycles. The van der Waals surface area contributed by atoms with Crippen molar-refractivity contribution in [3.63, 3.8) is 0 Å². The third-order valence-electron chi connectivity index (χ3n) is 10.7. The van der Waals surface area contributed by atoms with Gasteiger partial charge in [-0.2, -0.15) is 8.75 Å². The Hall–Kier alpha value is -7.48. The molecule has 0 spiro atoms. The van der Waals surface area contributed by atoms with E-state index in [1.807, 2.05) is 12.1 Å². The second kappa shape index (κ2) is 14.3. The number of anilines is 8. The molecule has 0 bridgehead atoms. The van der Waals surface area contributed by atoms with Gasteiger partial charge < -0.3 is 21.3 Å². The Morgan fingerprint density at radius 1 is 0.351 bits per heavy atom. The van der Waals surface area contributed by atoms with Crippen LogP contribution in [0.1, 0.15) is 0 Å². The smallest absolute Gasteiger partial charge is 0.115 e. The highest BCUT2D eigenvalue weighted by Crippen LogP contribution is 2.47. The third-order valence-corrected chi connectivity index (χ3v) is 11.2. The molecule has 0 unspecified atom stereocenters. The van der Waals surface area contributed by atoms with Gasteiger partial charge in [-0.3, -0.25) is 0 Å². The first-order valence-electron chi connectivity index (χ1n) is 18.8. The van der Waals surface area contributed by atoms with Crippen LogP contribution in [0.4, 0.5) is 45.5 Å². The number of fused-ring (bicyclic) bond motifs is 3. The predicted octanol–water partition coefficient (Wildman–Crippen LogP) is 13.4. The van der Waals surface area contributed by atoms with Gasteiger partial charge in [-0.05, 0) is 82.6 Å². The lowest BCUT2D eigenvalue weighted by Crippen LogP contribution is -2.10. The van der Waals surface area contributed by atoms with Gasteiger partial charge in [0.05, 0.1) is 34.5 Å². The molecular formula is C50H36N6S. The van der Waals surface area contributed by atoms with Crippen molar-refractivity contribution in [2.75, 3.05) is 21.3 Å². The van der Waals surface area contributed by atoms with Crippen LogP contribution < -0.4 is 21.3 Å². The topological polar surface area (TPSA) is 84.3 Å². The summed E-state index contributed by atoms with van der Waals surface area (Å²) in [6, 6.07) is 67.6. The molecule has 4 N–H and O–H groups in total. The van der Waals surface area contributed by atoms with E-state index >= 15 is 0 Å². The van der Waals surface area contributed by atoms with E-state index in [0.29, 0.717) is 11.4 Å². The fourth-order valence-electron chi connectivity index (χ4n) is 8.00. The molecule has 57 heavy (non-hydrogen) atoms. The Bertz CT molecular complexity index is 2820. The van der Waals surface area contributed by atoms with E-state index in [9.17, 15) is 0 Å². The van der Waals surface area contributed by atoms with Gasteiger partial charge in [-0.25, -0.2) is 0 Å². The minimum atomic E-state index is 0.484. The number of hydrogen-bond donors (Lipinski definition) is 2. The SMILES string of the molecule is Nc1c(N)c(-c2ccc(N(c3ccccc3)c3cccc4ccccc34)cc2)c2nsnc2c1-c1ccc(N(c2ccccc2)c2cccc3ccccc23)cc1. The predicted molar refractivity (Wildman–Crippen MR) is 241 cm³/mol. The van der Waals surface area contributed by atoms with Gasteiger partial charge in [-0.15, -0.1) is 0 Å². The number of para-hydroxylation sites is 2. The molecule has 0 aliphatic carbocycles. The lowest BCUT2D eigenvalue weighted by Gasteiger charge is -2.27. The Balaban J connectivity index is 1.04. The maximum absolute atomic E-state index is 7.00.